The smallest absolute Gasteiger partial charge is 0.246 e. The van der Waals surface area contributed by atoms with E-state index in [1.165, 1.54) is 18.2 Å². The summed E-state index contributed by atoms with van der Waals surface area (Å²) < 4.78 is 23.6. The van der Waals surface area contributed by atoms with E-state index in [0.29, 0.717) is 22.9 Å². The average Bonchev–Trinajstić information content (AvgIpc) is 2.98. The molecule has 7 heteroatoms. The van der Waals surface area contributed by atoms with E-state index in [0.717, 1.165) is 0 Å². The lowest BCUT2D eigenvalue weighted by Gasteiger charge is -2.15. The molecule has 2 N–H and O–H groups in total. The number of carbonyl (C=O) groups is 1. The topological polar surface area (TPSA) is 59.6 Å². The number of carbonyl (C=O) groups excluding carboxylic acids is 1. The third-order valence-corrected chi connectivity index (χ3v) is 3.63. The van der Waals surface area contributed by atoms with Crippen LogP contribution in [0.1, 0.15) is 6.92 Å². The van der Waals surface area contributed by atoms with Gasteiger partial charge in [-0.25, -0.2) is 4.39 Å². The van der Waals surface area contributed by atoms with Gasteiger partial charge < -0.3 is 20.1 Å². The van der Waals surface area contributed by atoms with E-state index in [2.05, 4.69) is 10.6 Å². The summed E-state index contributed by atoms with van der Waals surface area (Å²) in [5.41, 5.74) is 1.16. The number of anilines is 2. The number of hydrogen-bond acceptors (Lipinski definition) is 4. The highest BCUT2D eigenvalue weighted by molar-refractivity contribution is 6.31. The molecule has 1 heterocycles. The van der Waals surface area contributed by atoms with Crippen molar-refractivity contribution >= 4 is 28.9 Å². The van der Waals surface area contributed by atoms with E-state index in [9.17, 15) is 9.18 Å². The van der Waals surface area contributed by atoms with Gasteiger partial charge in [0.15, 0.2) is 11.5 Å². The minimum atomic E-state index is -0.540. The van der Waals surface area contributed by atoms with Crippen LogP contribution in [0.2, 0.25) is 5.02 Å². The van der Waals surface area contributed by atoms with Crippen LogP contribution in [0, 0.1) is 5.82 Å². The molecule has 0 unspecified atom stereocenters. The minimum Gasteiger partial charge on any atom is -0.454 e. The molecule has 0 radical (unpaired) electrons. The summed E-state index contributed by atoms with van der Waals surface area (Å²) in [7, 11) is 0. The molecule has 1 atom stereocenters. The molecule has 1 aliphatic heterocycles. The summed E-state index contributed by atoms with van der Waals surface area (Å²) in [6.45, 7) is 1.87. The van der Waals surface area contributed by atoms with Crippen molar-refractivity contribution in [2.24, 2.45) is 0 Å². The zero-order chi connectivity index (χ0) is 16.4. The minimum absolute atomic E-state index is 0.00150. The lowest BCUT2D eigenvalue weighted by Crippen LogP contribution is -2.31. The van der Waals surface area contributed by atoms with E-state index in [1.807, 2.05) is 0 Å². The van der Waals surface area contributed by atoms with Crippen molar-refractivity contribution in [3.63, 3.8) is 0 Å². The van der Waals surface area contributed by atoms with Gasteiger partial charge in [0.1, 0.15) is 11.9 Å². The third-order valence-electron chi connectivity index (χ3n) is 3.34. The highest BCUT2D eigenvalue weighted by Crippen LogP contribution is 2.34. The van der Waals surface area contributed by atoms with Crippen LogP contribution in [0.5, 0.6) is 11.5 Å². The molecule has 120 valence electrons. The first-order valence-electron chi connectivity index (χ1n) is 6.95. The molecular weight excluding hydrogens is 323 g/mol. The molecular formula is C16H14ClFN2O3. The first-order valence-corrected chi connectivity index (χ1v) is 7.33. The first kappa shape index (κ1) is 15.4. The zero-order valence-corrected chi connectivity index (χ0v) is 13.0. The zero-order valence-electron chi connectivity index (χ0n) is 12.2. The molecule has 0 spiro atoms. The summed E-state index contributed by atoms with van der Waals surface area (Å²) in [6, 6.07) is 8.81. The van der Waals surface area contributed by atoms with E-state index < -0.39 is 11.9 Å². The molecule has 0 aliphatic carbocycles. The molecule has 0 fully saturated rings. The second kappa shape index (κ2) is 6.34. The monoisotopic (exact) mass is 336 g/mol. The fourth-order valence-corrected chi connectivity index (χ4v) is 2.31. The molecule has 0 saturated carbocycles. The van der Waals surface area contributed by atoms with Gasteiger partial charge in [-0.3, -0.25) is 4.79 Å². The number of nitrogens with one attached hydrogen (secondary N) is 2. The van der Waals surface area contributed by atoms with Crippen molar-refractivity contribution in [3.8, 4) is 11.5 Å². The van der Waals surface area contributed by atoms with Crippen LogP contribution in [0.3, 0.4) is 0 Å². The molecule has 0 saturated heterocycles. The van der Waals surface area contributed by atoms with Gasteiger partial charge in [0.25, 0.3) is 0 Å². The second-order valence-electron chi connectivity index (χ2n) is 5.05. The summed E-state index contributed by atoms with van der Waals surface area (Å²) in [6.07, 6.45) is 0. The molecule has 0 bridgehead atoms. The van der Waals surface area contributed by atoms with Crippen LogP contribution in [-0.4, -0.2) is 18.7 Å². The lowest BCUT2D eigenvalue weighted by atomic mass is 10.2. The SMILES string of the molecule is C[C@@H](Nc1ccc(F)c(Cl)c1)C(=O)Nc1ccc2c(c1)OCO2. The Morgan fingerprint density at radius 2 is 1.91 bits per heavy atom. The summed E-state index contributed by atoms with van der Waals surface area (Å²) >= 11 is 5.72. The third kappa shape index (κ3) is 3.48. The molecule has 3 rings (SSSR count). The fraction of sp³-hybridized carbons (Fsp3) is 0.188. The van der Waals surface area contributed by atoms with Gasteiger partial charge in [0.05, 0.1) is 5.02 Å². The number of halogens is 2. The Bertz CT molecular complexity index is 754. The Kier molecular flexibility index (Phi) is 4.25. The van der Waals surface area contributed by atoms with Crippen LogP contribution in [0.15, 0.2) is 36.4 Å². The van der Waals surface area contributed by atoms with Crippen molar-refractivity contribution in [1.82, 2.24) is 0 Å². The Hall–Kier alpha value is -2.47. The van der Waals surface area contributed by atoms with Crippen LogP contribution < -0.4 is 20.1 Å². The predicted molar refractivity (Wildman–Crippen MR) is 85.7 cm³/mol. The standard InChI is InChI=1S/C16H14ClFN2O3/c1-9(19-10-2-4-13(18)12(17)6-10)16(21)20-11-3-5-14-15(7-11)23-8-22-14/h2-7,9,19H,8H2,1H3,(H,20,21)/t9-/m1/s1. The van der Waals surface area contributed by atoms with Gasteiger partial charge >= 0.3 is 0 Å². The summed E-state index contributed by atoms with van der Waals surface area (Å²) in [5, 5.41) is 5.74. The van der Waals surface area contributed by atoms with Gasteiger partial charge in [-0.15, -0.1) is 0 Å². The average molecular weight is 337 g/mol. The van der Waals surface area contributed by atoms with Crippen molar-refractivity contribution in [2.45, 2.75) is 13.0 Å². The number of ether oxygens (including phenoxy) is 2. The maximum atomic E-state index is 13.1. The van der Waals surface area contributed by atoms with Crippen LogP contribution in [0.4, 0.5) is 15.8 Å². The Labute approximate surface area is 137 Å². The number of rotatable bonds is 4. The first-order chi connectivity index (χ1) is 11.0. The van der Waals surface area contributed by atoms with Crippen LogP contribution in [0.25, 0.3) is 0 Å². The molecule has 1 amide bonds. The molecule has 1 aliphatic rings. The van der Waals surface area contributed by atoms with E-state index >= 15 is 0 Å². The van der Waals surface area contributed by atoms with Crippen LogP contribution >= 0.6 is 11.6 Å². The Morgan fingerprint density at radius 3 is 2.70 bits per heavy atom. The summed E-state index contributed by atoms with van der Waals surface area (Å²) in [5.74, 6) is 0.489. The van der Waals surface area contributed by atoms with Crippen molar-refractivity contribution in [1.29, 1.82) is 0 Å². The van der Waals surface area contributed by atoms with Gasteiger partial charge in [-0.2, -0.15) is 0 Å². The van der Waals surface area contributed by atoms with Gasteiger partial charge in [0, 0.05) is 17.4 Å². The van der Waals surface area contributed by atoms with Crippen molar-refractivity contribution in [2.75, 3.05) is 17.4 Å². The van der Waals surface area contributed by atoms with Crippen molar-refractivity contribution < 1.29 is 18.7 Å². The molecule has 23 heavy (non-hydrogen) atoms. The van der Waals surface area contributed by atoms with Gasteiger partial charge in [-0.1, -0.05) is 11.6 Å². The molecule has 0 aromatic heterocycles. The van der Waals surface area contributed by atoms with E-state index in [4.69, 9.17) is 21.1 Å². The van der Waals surface area contributed by atoms with E-state index in [1.54, 1.807) is 25.1 Å². The highest BCUT2D eigenvalue weighted by atomic mass is 35.5. The Balaban J connectivity index is 1.64. The molecule has 2 aromatic carbocycles. The number of fused-ring (bicyclic) bond motifs is 1. The lowest BCUT2D eigenvalue weighted by molar-refractivity contribution is -0.116. The second-order valence-corrected chi connectivity index (χ2v) is 5.46. The van der Waals surface area contributed by atoms with Crippen LogP contribution in [-0.2, 0) is 4.79 Å². The highest BCUT2D eigenvalue weighted by Gasteiger charge is 2.17. The number of amides is 1. The van der Waals surface area contributed by atoms with E-state index in [-0.39, 0.29) is 17.7 Å². The number of hydrogen-bond donors (Lipinski definition) is 2. The molecule has 5 nitrogen and oxygen atoms in total. The molecule has 2 aromatic rings. The quantitative estimate of drug-likeness (QED) is 0.894. The van der Waals surface area contributed by atoms with Gasteiger partial charge in [0.2, 0.25) is 12.7 Å². The predicted octanol–water partition coefficient (Wildman–Crippen LogP) is 3.65. The van der Waals surface area contributed by atoms with Crippen molar-refractivity contribution in [3.05, 3.63) is 47.2 Å². The van der Waals surface area contributed by atoms with Gasteiger partial charge in [-0.05, 0) is 37.3 Å². The normalized spacial score (nSPS) is 13.5. The fourth-order valence-electron chi connectivity index (χ4n) is 2.13. The maximum Gasteiger partial charge on any atom is 0.246 e. The summed E-state index contributed by atoms with van der Waals surface area (Å²) in [4.78, 5) is 12.2. The maximum absolute atomic E-state index is 13.1. The number of benzene rings is 2. The Morgan fingerprint density at radius 1 is 1.17 bits per heavy atom. The largest absolute Gasteiger partial charge is 0.454 e.